The Kier molecular flexibility index (Phi) is 3.72. The van der Waals surface area contributed by atoms with Crippen LogP contribution in [0.1, 0.15) is 82.6 Å². The minimum atomic E-state index is -0.803. The molecule has 3 atom stereocenters. The van der Waals surface area contributed by atoms with Crippen molar-refractivity contribution in [3.8, 4) is 17.2 Å². The zero-order valence-electron chi connectivity index (χ0n) is 17.0. The summed E-state index contributed by atoms with van der Waals surface area (Å²) < 4.78 is 12.9. The van der Waals surface area contributed by atoms with Crippen molar-refractivity contribution >= 4 is 5.78 Å². The summed E-state index contributed by atoms with van der Waals surface area (Å²) >= 11 is 0. The van der Waals surface area contributed by atoms with E-state index in [1.54, 1.807) is 13.8 Å². The van der Waals surface area contributed by atoms with Gasteiger partial charge in [-0.1, -0.05) is 27.7 Å². The molecule has 0 amide bonds. The zero-order chi connectivity index (χ0) is 19.9. The monoisotopic (exact) mass is 374 g/mol. The van der Waals surface area contributed by atoms with Gasteiger partial charge in [0.25, 0.3) is 0 Å². The molecule has 1 aromatic rings. The number of phenolic OH excluding ortho intramolecular Hbond substituents is 2. The van der Waals surface area contributed by atoms with Gasteiger partial charge in [-0.05, 0) is 32.1 Å². The first-order chi connectivity index (χ1) is 12.4. The van der Waals surface area contributed by atoms with Gasteiger partial charge in [-0.2, -0.15) is 0 Å². The Balaban J connectivity index is 2.00. The van der Waals surface area contributed by atoms with Crippen LogP contribution in [0.3, 0.4) is 0 Å². The highest BCUT2D eigenvalue weighted by molar-refractivity contribution is 6.03. The van der Waals surface area contributed by atoms with Crippen LogP contribution in [0.15, 0.2) is 6.07 Å². The fourth-order valence-corrected chi connectivity index (χ4v) is 5.57. The van der Waals surface area contributed by atoms with Crippen LogP contribution in [0.4, 0.5) is 0 Å². The number of Topliss-reactive ketones (excluding diaryl/α,β-unsaturated/α-hetero) is 1. The Morgan fingerprint density at radius 3 is 2.44 bits per heavy atom. The molecule has 1 aromatic carbocycles. The molecule has 1 aliphatic carbocycles. The molecule has 1 saturated heterocycles. The first-order valence-corrected chi connectivity index (χ1v) is 9.91. The molecule has 2 fully saturated rings. The molecule has 2 bridgehead atoms. The van der Waals surface area contributed by atoms with Crippen LogP contribution >= 0.6 is 0 Å². The third-order valence-electron chi connectivity index (χ3n) is 6.72. The average molecular weight is 374 g/mol. The summed E-state index contributed by atoms with van der Waals surface area (Å²) in [6.07, 6.45) is 2.46. The number of carbonyl (C=O) groups excluding carboxylic acids is 1. The lowest BCUT2D eigenvalue weighted by Gasteiger charge is -2.54. The van der Waals surface area contributed by atoms with Gasteiger partial charge in [0.05, 0.1) is 5.60 Å². The normalized spacial score (nSPS) is 32.6. The molecule has 2 N–H and O–H groups in total. The van der Waals surface area contributed by atoms with Gasteiger partial charge in [-0.25, -0.2) is 0 Å². The summed E-state index contributed by atoms with van der Waals surface area (Å²) in [7, 11) is 0. The van der Waals surface area contributed by atoms with Crippen LogP contribution in [0.2, 0.25) is 0 Å². The van der Waals surface area contributed by atoms with Crippen molar-refractivity contribution < 1.29 is 24.5 Å². The molecule has 2 heterocycles. The topological polar surface area (TPSA) is 76.0 Å². The second-order valence-corrected chi connectivity index (χ2v) is 10.1. The molecule has 0 spiro atoms. The Morgan fingerprint density at radius 1 is 1.15 bits per heavy atom. The number of phenols is 2. The molecule has 3 unspecified atom stereocenters. The molecule has 27 heavy (non-hydrogen) atoms. The number of aromatic hydroxyl groups is 2. The van der Waals surface area contributed by atoms with Crippen LogP contribution in [0.25, 0.3) is 0 Å². The van der Waals surface area contributed by atoms with Crippen LogP contribution in [-0.4, -0.2) is 27.4 Å². The zero-order valence-corrected chi connectivity index (χ0v) is 17.0. The van der Waals surface area contributed by atoms with E-state index in [0.29, 0.717) is 11.3 Å². The van der Waals surface area contributed by atoms with E-state index in [-0.39, 0.29) is 51.6 Å². The summed E-state index contributed by atoms with van der Waals surface area (Å²) in [6, 6.07) is 1.30. The molecule has 5 nitrogen and oxygen atoms in total. The highest BCUT2D eigenvalue weighted by Gasteiger charge is 2.66. The van der Waals surface area contributed by atoms with E-state index in [1.807, 2.05) is 0 Å². The highest BCUT2D eigenvalue weighted by atomic mass is 16.7. The number of hydrogen-bond donors (Lipinski definition) is 2. The Hall–Kier alpha value is -1.75. The summed E-state index contributed by atoms with van der Waals surface area (Å²) in [5, 5.41) is 21.3. The number of fused-ring (bicyclic) bond motifs is 2. The minimum absolute atomic E-state index is 0.00101. The Morgan fingerprint density at radius 2 is 1.81 bits per heavy atom. The van der Waals surface area contributed by atoms with Gasteiger partial charge in [-0.3, -0.25) is 4.79 Å². The predicted octanol–water partition coefficient (Wildman–Crippen LogP) is 4.74. The lowest BCUT2D eigenvalue weighted by molar-refractivity contribution is -0.246. The van der Waals surface area contributed by atoms with Gasteiger partial charge >= 0.3 is 0 Å². The van der Waals surface area contributed by atoms with Gasteiger partial charge in [0.2, 0.25) is 5.79 Å². The smallest absolute Gasteiger partial charge is 0.214 e. The van der Waals surface area contributed by atoms with Crippen LogP contribution < -0.4 is 4.74 Å². The summed E-state index contributed by atoms with van der Waals surface area (Å²) in [5.41, 5.74) is 0.406. The maximum Gasteiger partial charge on any atom is 0.214 e. The predicted molar refractivity (Wildman–Crippen MR) is 101 cm³/mol. The Labute approximate surface area is 160 Å². The van der Waals surface area contributed by atoms with Gasteiger partial charge in [0.1, 0.15) is 22.8 Å². The second kappa shape index (κ2) is 5.40. The second-order valence-electron chi connectivity index (χ2n) is 10.1. The molecule has 4 rings (SSSR count). The quantitative estimate of drug-likeness (QED) is 0.731. The average Bonchev–Trinajstić information content (AvgIpc) is 2.80. The third-order valence-corrected chi connectivity index (χ3v) is 6.72. The molecular formula is C22H30O5. The maximum atomic E-state index is 12.9. The number of ketones is 1. The SMILES string of the molecule is CC(C)C(=O)c1c(O)cc(O)c2c1OC13CCC(C)(C)C2C1CC(C)(C)O3. The lowest BCUT2D eigenvalue weighted by atomic mass is 9.56. The van der Waals surface area contributed by atoms with E-state index in [9.17, 15) is 15.0 Å². The first kappa shape index (κ1) is 18.6. The van der Waals surface area contributed by atoms with Crippen molar-refractivity contribution in [3.63, 3.8) is 0 Å². The molecule has 0 radical (unpaired) electrons. The van der Waals surface area contributed by atoms with E-state index in [0.717, 1.165) is 19.3 Å². The molecule has 5 heteroatoms. The standard InChI is InChI=1S/C22H30O5/c1-11(2)18(25)16-14(24)9-13(23)15-17-12-10-21(5,6)27-22(12,26-19(15)16)8-7-20(17,3)4/h9,11-12,17,23-24H,7-8,10H2,1-6H3. The van der Waals surface area contributed by atoms with E-state index >= 15 is 0 Å². The molecule has 148 valence electrons. The van der Waals surface area contributed by atoms with Crippen LogP contribution in [0.5, 0.6) is 17.2 Å². The van der Waals surface area contributed by atoms with E-state index in [4.69, 9.17) is 9.47 Å². The van der Waals surface area contributed by atoms with Crippen LogP contribution in [0, 0.1) is 17.3 Å². The van der Waals surface area contributed by atoms with Crippen molar-refractivity contribution in [2.45, 2.75) is 78.1 Å². The fourth-order valence-electron chi connectivity index (χ4n) is 5.57. The first-order valence-electron chi connectivity index (χ1n) is 9.91. The van der Waals surface area contributed by atoms with Crippen LogP contribution in [-0.2, 0) is 4.74 Å². The molecular weight excluding hydrogens is 344 g/mol. The summed E-state index contributed by atoms with van der Waals surface area (Å²) in [4.78, 5) is 12.9. The molecule has 1 saturated carbocycles. The largest absolute Gasteiger partial charge is 0.507 e. The number of carbonyl (C=O) groups is 1. The summed E-state index contributed by atoms with van der Waals surface area (Å²) in [5.74, 6) is -1.10. The lowest BCUT2D eigenvalue weighted by Crippen LogP contribution is -2.55. The van der Waals surface area contributed by atoms with Gasteiger partial charge in [0, 0.05) is 35.8 Å². The van der Waals surface area contributed by atoms with E-state index in [1.165, 1.54) is 6.07 Å². The van der Waals surface area contributed by atoms with E-state index < -0.39 is 5.79 Å². The Bertz CT molecular complexity index is 822. The molecule has 2 aliphatic heterocycles. The maximum absolute atomic E-state index is 12.9. The van der Waals surface area contributed by atoms with Crippen molar-refractivity contribution in [1.29, 1.82) is 0 Å². The third kappa shape index (κ3) is 2.50. The van der Waals surface area contributed by atoms with Crippen molar-refractivity contribution in [3.05, 3.63) is 17.2 Å². The van der Waals surface area contributed by atoms with Crippen molar-refractivity contribution in [1.82, 2.24) is 0 Å². The minimum Gasteiger partial charge on any atom is -0.507 e. The summed E-state index contributed by atoms with van der Waals surface area (Å²) in [6.45, 7) is 12.1. The molecule has 3 aliphatic rings. The number of ether oxygens (including phenoxy) is 2. The van der Waals surface area contributed by atoms with Crippen molar-refractivity contribution in [2.75, 3.05) is 0 Å². The van der Waals surface area contributed by atoms with E-state index in [2.05, 4.69) is 27.7 Å². The highest BCUT2D eigenvalue weighted by Crippen LogP contribution is 2.67. The molecule has 0 aromatic heterocycles. The van der Waals surface area contributed by atoms with Crippen molar-refractivity contribution in [2.24, 2.45) is 17.3 Å². The van der Waals surface area contributed by atoms with Gasteiger partial charge in [0.15, 0.2) is 5.78 Å². The fraction of sp³-hybridized carbons (Fsp3) is 0.682. The number of rotatable bonds is 2. The number of hydrogen-bond acceptors (Lipinski definition) is 5. The van der Waals surface area contributed by atoms with Gasteiger partial charge < -0.3 is 19.7 Å². The number of benzene rings is 1. The van der Waals surface area contributed by atoms with Gasteiger partial charge in [-0.15, -0.1) is 0 Å².